The molecule has 0 aliphatic carbocycles. The summed E-state index contributed by atoms with van der Waals surface area (Å²) in [5, 5.41) is 3.33. The van der Waals surface area contributed by atoms with Gasteiger partial charge in [0.25, 0.3) is 0 Å². The zero-order valence-corrected chi connectivity index (χ0v) is 16.5. The molecule has 0 unspecified atom stereocenters. The second kappa shape index (κ2) is 7.13. The van der Waals surface area contributed by atoms with Gasteiger partial charge in [0, 0.05) is 32.8 Å². The lowest BCUT2D eigenvalue weighted by Gasteiger charge is -2.30. The van der Waals surface area contributed by atoms with Crippen molar-refractivity contribution in [3.05, 3.63) is 30.4 Å². The van der Waals surface area contributed by atoms with Crippen LogP contribution in [0.2, 0.25) is 0 Å². The van der Waals surface area contributed by atoms with Crippen LogP contribution in [0, 0.1) is 12.8 Å². The fourth-order valence-electron chi connectivity index (χ4n) is 3.75. The monoisotopic (exact) mass is 367 g/mol. The number of aromatic nitrogens is 5. The molecular weight excluding hydrogens is 338 g/mol. The minimum atomic E-state index is 0. The van der Waals surface area contributed by atoms with Crippen molar-refractivity contribution >= 4 is 28.6 Å². The number of piperidine rings is 1. The summed E-state index contributed by atoms with van der Waals surface area (Å²) in [6.45, 7) is 10.7. The van der Waals surface area contributed by atoms with E-state index in [0.717, 1.165) is 53.4 Å². The first kappa shape index (κ1) is 17.7. The van der Waals surface area contributed by atoms with Crippen LogP contribution >= 0.6 is 0 Å². The Kier molecular flexibility index (Phi) is 4.68. The minimum absolute atomic E-state index is 0. The molecule has 1 aliphatic rings. The zero-order chi connectivity index (χ0) is 19.0. The molecule has 1 aliphatic heterocycles. The van der Waals surface area contributed by atoms with Crippen molar-refractivity contribution < 1.29 is 1.43 Å². The number of nitrogens with one attached hydrogen (secondary N) is 1. The molecule has 27 heavy (non-hydrogen) atoms. The Balaban J connectivity index is 0.00000225. The summed E-state index contributed by atoms with van der Waals surface area (Å²) in [5.74, 6) is 4.10. The summed E-state index contributed by atoms with van der Waals surface area (Å²) in [7, 11) is 0. The van der Waals surface area contributed by atoms with E-state index in [9.17, 15) is 0 Å². The van der Waals surface area contributed by atoms with Crippen molar-refractivity contribution in [2.75, 3.05) is 23.3 Å². The highest BCUT2D eigenvalue weighted by molar-refractivity contribution is 5.79. The van der Waals surface area contributed by atoms with E-state index in [-0.39, 0.29) is 1.43 Å². The number of imidazole rings is 1. The van der Waals surface area contributed by atoms with Gasteiger partial charge >= 0.3 is 0 Å². The first-order valence-electron chi connectivity index (χ1n) is 9.71. The van der Waals surface area contributed by atoms with Crippen LogP contribution in [0.25, 0.3) is 11.0 Å². The van der Waals surface area contributed by atoms with Crippen LogP contribution in [0.3, 0.4) is 0 Å². The lowest BCUT2D eigenvalue weighted by atomic mass is 10.00. The molecule has 0 amide bonds. The van der Waals surface area contributed by atoms with E-state index in [1.807, 2.05) is 31.5 Å². The molecule has 4 rings (SSSR count). The van der Waals surface area contributed by atoms with Crippen LogP contribution < -0.4 is 10.2 Å². The second-order valence-corrected chi connectivity index (χ2v) is 7.72. The molecule has 0 bridgehead atoms. The number of aryl methyl sites for hydroxylation is 1. The Bertz CT molecular complexity index is 945. The van der Waals surface area contributed by atoms with E-state index in [1.54, 1.807) is 0 Å². The van der Waals surface area contributed by atoms with Gasteiger partial charge < -0.3 is 14.8 Å². The van der Waals surface area contributed by atoms with Gasteiger partial charge in [-0.2, -0.15) is 4.98 Å². The Morgan fingerprint density at radius 3 is 2.67 bits per heavy atom. The van der Waals surface area contributed by atoms with Gasteiger partial charge in [0.1, 0.15) is 23.0 Å². The Morgan fingerprint density at radius 1 is 1.15 bits per heavy atom. The van der Waals surface area contributed by atoms with Crippen molar-refractivity contribution in [3.8, 4) is 0 Å². The van der Waals surface area contributed by atoms with Crippen LogP contribution in [0.5, 0.6) is 0 Å². The number of fused-ring (bicyclic) bond motifs is 1. The van der Waals surface area contributed by atoms with E-state index in [1.165, 1.54) is 12.8 Å². The first-order valence-corrected chi connectivity index (χ1v) is 9.71. The number of hydrogen-bond donors (Lipinski definition) is 1. The van der Waals surface area contributed by atoms with Crippen LogP contribution in [-0.2, 0) is 0 Å². The first-order chi connectivity index (χ1) is 13.0. The van der Waals surface area contributed by atoms with Crippen molar-refractivity contribution in [2.45, 2.75) is 46.6 Å². The molecule has 0 spiro atoms. The van der Waals surface area contributed by atoms with E-state index in [2.05, 4.69) is 50.5 Å². The molecule has 1 saturated heterocycles. The molecule has 7 heteroatoms. The van der Waals surface area contributed by atoms with Gasteiger partial charge in [0.15, 0.2) is 0 Å². The fourth-order valence-corrected chi connectivity index (χ4v) is 3.75. The predicted octanol–water partition coefficient (Wildman–Crippen LogP) is 4.34. The molecule has 0 saturated carbocycles. The molecule has 4 heterocycles. The molecule has 1 N–H and O–H groups in total. The lowest BCUT2D eigenvalue weighted by molar-refractivity contribution is 0.434. The van der Waals surface area contributed by atoms with Crippen LogP contribution in [0.1, 0.15) is 46.9 Å². The lowest BCUT2D eigenvalue weighted by Crippen LogP contribution is -2.34. The third-order valence-electron chi connectivity index (χ3n) is 5.23. The number of hydrogen-bond acceptors (Lipinski definition) is 6. The summed E-state index contributed by atoms with van der Waals surface area (Å²) < 4.78 is 2.22. The number of rotatable bonds is 4. The number of nitrogens with zero attached hydrogens (tertiary/aromatic N) is 6. The highest BCUT2D eigenvalue weighted by Crippen LogP contribution is 2.25. The SMILES string of the molecule is Cc1nc2cnc(Nc3ccnc(N4CCC(C)CC4)n3)cc2n1C(C)C.[HH]. The normalized spacial score (nSPS) is 15.7. The van der Waals surface area contributed by atoms with Crippen LogP contribution in [-0.4, -0.2) is 37.6 Å². The Hall–Kier alpha value is -2.70. The Morgan fingerprint density at radius 2 is 1.93 bits per heavy atom. The van der Waals surface area contributed by atoms with Gasteiger partial charge in [-0.15, -0.1) is 0 Å². The maximum atomic E-state index is 4.70. The largest absolute Gasteiger partial charge is 0.341 e. The topological polar surface area (TPSA) is 71.8 Å². The number of pyridine rings is 1. The van der Waals surface area contributed by atoms with E-state index in [4.69, 9.17) is 4.98 Å². The zero-order valence-electron chi connectivity index (χ0n) is 16.5. The van der Waals surface area contributed by atoms with Gasteiger partial charge in [-0.25, -0.2) is 15.0 Å². The van der Waals surface area contributed by atoms with Gasteiger partial charge in [0.2, 0.25) is 5.95 Å². The van der Waals surface area contributed by atoms with Crippen molar-refractivity contribution in [2.24, 2.45) is 5.92 Å². The average molecular weight is 368 g/mol. The standard InChI is InChI=1S/C20H27N7.H2/c1-13(2)27-15(4)23-16-12-22-19(11-17(16)27)24-18-5-8-21-20(25-18)26-9-6-14(3)7-10-26;/h5,8,11-14H,6-7,9-10H2,1-4H3,(H,21,22,24,25);1H. The number of anilines is 3. The molecule has 1 fully saturated rings. The van der Waals surface area contributed by atoms with Gasteiger partial charge in [-0.05, 0) is 45.6 Å². The molecule has 0 radical (unpaired) electrons. The van der Waals surface area contributed by atoms with Crippen molar-refractivity contribution in [1.29, 1.82) is 0 Å². The minimum Gasteiger partial charge on any atom is -0.341 e. The van der Waals surface area contributed by atoms with E-state index in [0.29, 0.717) is 6.04 Å². The van der Waals surface area contributed by atoms with E-state index < -0.39 is 0 Å². The summed E-state index contributed by atoms with van der Waals surface area (Å²) in [6.07, 6.45) is 6.01. The maximum absolute atomic E-state index is 4.70. The summed E-state index contributed by atoms with van der Waals surface area (Å²) in [6, 6.07) is 4.27. The summed E-state index contributed by atoms with van der Waals surface area (Å²) >= 11 is 0. The smallest absolute Gasteiger partial charge is 0.227 e. The highest BCUT2D eigenvalue weighted by atomic mass is 15.3. The molecule has 0 aromatic carbocycles. The van der Waals surface area contributed by atoms with Crippen molar-refractivity contribution in [1.82, 2.24) is 24.5 Å². The molecule has 0 atom stereocenters. The third-order valence-corrected chi connectivity index (χ3v) is 5.23. The van der Waals surface area contributed by atoms with Gasteiger partial charge in [-0.3, -0.25) is 0 Å². The third kappa shape index (κ3) is 3.59. The van der Waals surface area contributed by atoms with E-state index >= 15 is 0 Å². The maximum Gasteiger partial charge on any atom is 0.227 e. The molecule has 3 aromatic heterocycles. The second-order valence-electron chi connectivity index (χ2n) is 7.72. The summed E-state index contributed by atoms with van der Waals surface area (Å²) in [5.41, 5.74) is 2.00. The molecule has 144 valence electrons. The predicted molar refractivity (Wildman–Crippen MR) is 111 cm³/mol. The summed E-state index contributed by atoms with van der Waals surface area (Å²) in [4.78, 5) is 20.5. The fraction of sp³-hybridized carbons (Fsp3) is 0.500. The Labute approximate surface area is 161 Å². The average Bonchev–Trinajstić information content (AvgIpc) is 2.98. The molecule has 7 nitrogen and oxygen atoms in total. The van der Waals surface area contributed by atoms with Gasteiger partial charge in [-0.1, -0.05) is 6.92 Å². The highest BCUT2D eigenvalue weighted by Gasteiger charge is 2.18. The quantitative estimate of drug-likeness (QED) is 0.740. The van der Waals surface area contributed by atoms with Crippen LogP contribution in [0.15, 0.2) is 24.5 Å². The molecule has 3 aromatic rings. The molecular formula is C20H29N7. The van der Waals surface area contributed by atoms with Crippen molar-refractivity contribution in [3.63, 3.8) is 0 Å². The van der Waals surface area contributed by atoms with Crippen LogP contribution in [0.4, 0.5) is 17.6 Å². The van der Waals surface area contributed by atoms with Gasteiger partial charge in [0.05, 0.1) is 11.7 Å².